The number of aromatic nitrogens is 6. The second-order valence-corrected chi connectivity index (χ2v) is 6.23. The highest BCUT2D eigenvalue weighted by Gasteiger charge is 2.30. The van der Waals surface area contributed by atoms with Gasteiger partial charge in [0.25, 0.3) is 0 Å². The van der Waals surface area contributed by atoms with Crippen LogP contribution in [0.3, 0.4) is 0 Å². The Morgan fingerprint density at radius 3 is 2.47 bits per heavy atom. The molecule has 12 heteroatoms. The summed E-state index contributed by atoms with van der Waals surface area (Å²) < 4.78 is 53.4. The van der Waals surface area contributed by atoms with Gasteiger partial charge in [0.1, 0.15) is 11.6 Å². The van der Waals surface area contributed by atoms with Gasteiger partial charge in [0.15, 0.2) is 5.65 Å². The molecule has 0 amide bonds. The van der Waals surface area contributed by atoms with Crippen LogP contribution >= 0.6 is 0 Å². The first-order valence-electron chi connectivity index (χ1n) is 8.73. The van der Waals surface area contributed by atoms with Crippen molar-refractivity contribution in [3.8, 4) is 5.95 Å². The van der Waals surface area contributed by atoms with E-state index in [1.807, 2.05) is 6.92 Å². The normalized spacial score (nSPS) is 11.8. The van der Waals surface area contributed by atoms with Gasteiger partial charge in [-0.15, -0.1) is 0 Å². The zero-order valence-corrected chi connectivity index (χ0v) is 15.4. The molecule has 154 valence electrons. The molecule has 0 saturated heterocycles. The van der Waals surface area contributed by atoms with Gasteiger partial charge in [-0.25, -0.2) is 14.4 Å². The van der Waals surface area contributed by atoms with Crippen LogP contribution in [0.2, 0.25) is 0 Å². The summed E-state index contributed by atoms with van der Waals surface area (Å²) in [4.78, 5) is 20.6. The molecule has 0 saturated carbocycles. The predicted octanol–water partition coefficient (Wildman–Crippen LogP) is 3.65. The fourth-order valence-corrected chi connectivity index (χ4v) is 2.85. The average Bonchev–Trinajstić information content (AvgIpc) is 3.05. The molecule has 8 nitrogen and oxygen atoms in total. The van der Waals surface area contributed by atoms with Crippen LogP contribution < -0.4 is 11.1 Å². The summed E-state index contributed by atoms with van der Waals surface area (Å²) >= 11 is 0. The molecule has 3 aromatic heterocycles. The summed E-state index contributed by atoms with van der Waals surface area (Å²) in [6, 6.07) is 5.59. The molecular weight excluding hydrogens is 404 g/mol. The van der Waals surface area contributed by atoms with E-state index in [4.69, 9.17) is 5.73 Å². The van der Waals surface area contributed by atoms with Crippen LogP contribution in [0.4, 0.5) is 35.1 Å². The number of hydrogen-bond donors (Lipinski definition) is 2. The van der Waals surface area contributed by atoms with Gasteiger partial charge in [-0.2, -0.15) is 28.1 Å². The summed E-state index contributed by atoms with van der Waals surface area (Å²) in [5.74, 6) is -0.0949. The maximum Gasteiger partial charge on any atom is 0.416 e. The number of nitrogens with two attached hydrogens (primary N) is 1. The molecule has 0 unspecified atom stereocenters. The fraction of sp³-hybridized carbons (Fsp3) is 0.167. The number of alkyl halides is 3. The second kappa shape index (κ2) is 7.21. The summed E-state index contributed by atoms with van der Waals surface area (Å²) in [6.45, 7) is 1.85. The maximum absolute atomic E-state index is 13.7. The Morgan fingerprint density at radius 2 is 1.80 bits per heavy atom. The minimum Gasteiger partial charge on any atom is -0.368 e. The van der Waals surface area contributed by atoms with Crippen LogP contribution in [-0.2, 0) is 12.6 Å². The van der Waals surface area contributed by atoms with Crippen molar-refractivity contribution in [3.05, 3.63) is 53.7 Å². The first-order chi connectivity index (χ1) is 14.2. The Labute approximate surface area is 166 Å². The molecule has 0 aliphatic carbocycles. The Morgan fingerprint density at radius 1 is 1.07 bits per heavy atom. The van der Waals surface area contributed by atoms with Crippen molar-refractivity contribution < 1.29 is 17.6 Å². The Kier molecular flexibility index (Phi) is 4.68. The summed E-state index contributed by atoms with van der Waals surface area (Å²) in [5, 5.41) is 2.79. The van der Waals surface area contributed by atoms with Crippen LogP contribution in [0, 0.1) is 5.82 Å². The van der Waals surface area contributed by atoms with E-state index < -0.39 is 17.6 Å². The number of imidazole rings is 1. The van der Waals surface area contributed by atoms with Crippen molar-refractivity contribution in [2.75, 3.05) is 11.1 Å². The van der Waals surface area contributed by atoms with Gasteiger partial charge in [-0.1, -0.05) is 6.92 Å². The number of nitrogens with one attached hydrogen (secondary N) is 1. The van der Waals surface area contributed by atoms with Crippen molar-refractivity contribution in [2.24, 2.45) is 0 Å². The maximum atomic E-state index is 13.7. The van der Waals surface area contributed by atoms with Crippen LogP contribution in [0.1, 0.15) is 18.3 Å². The SMILES string of the molecule is CCc1nc2ncc(F)cc2n1-c1nc(N)nc(Nc2ccc(C(F)(F)F)cc2)n1. The minimum absolute atomic E-state index is 0.00511. The van der Waals surface area contributed by atoms with Gasteiger partial charge in [-0.3, -0.25) is 4.57 Å². The third-order valence-corrected chi connectivity index (χ3v) is 4.17. The Balaban J connectivity index is 1.74. The number of anilines is 3. The third kappa shape index (κ3) is 3.71. The molecule has 30 heavy (non-hydrogen) atoms. The zero-order valence-electron chi connectivity index (χ0n) is 15.4. The van der Waals surface area contributed by atoms with Crippen LogP contribution in [-0.4, -0.2) is 29.5 Å². The van der Waals surface area contributed by atoms with Gasteiger partial charge < -0.3 is 11.1 Å². The second-order valence-electron chi connectivity index (χ2n) is 6.23. The number of hydrogen-bond acceptors (Lipinski definition) is 7. The number of nitrogens with zero attached hydrogens (tertiary/aromatic N) is 6. The standard InChI is InChI=1S/C18H14F4N8/c1-2-13-26-14-12(7-10(19)8-24-14)30(13)17-28-15(23)27-16(29-17)25-11-5-3-9(4-6-11)18(20,21)22/h3-8H,2H2,1H3,(H3,23,25,27,28,29). The lowest BCUT2D eigenvalue weighted by Crippen LogP contribution is -2.11. The third-order valence-electron chi connectivity index (χ3n) is 4.17. The lowest BCUT2D eigenvalue weighted by Gasteiger charge is -2.11. The first-order valence-corrected chi connectivity index (χ1v) is 8.73. The van der Waals surface area contributed by atoms with Gasteiger partial charge in [0.05, 0.1) is 17.3 Å². The highest BCUT2D eigenvalue weighted by Crippen LogP contribution is 2.30. The summed E-state index contributed by atoms with van der Waals surface area (Å²) in [7, 11) is 0. The molecule has 1 aromatic carbocycles. The van der Waals surface area contributed by atoms with E-state index in [2.05, 4.69) is 30.2 Å². The molecule has 3 heterocycles. The predicted molar refractivity (Wildman–Crippen MR) is 101 cm³/mol. The molecule has 0 aliphatic heterocycles. The van der Waals surface area contributed by atoms with Crippen molar-refractivity contribution in [2.45, 2.75) is 19.5 Å². The first kappa shape index (κ1) is 19.5. The van der Waals surface area contributed by atoms with Gasteiger partial charge in [-0.05, 0) is 24.3 Å². The largest absolute Gasteiger partial charge is 0.416 e. The van der Waals surface area contributed by atoms with Crippen LogP contribution in [0.25, 0.3) is 17.1 Å². The van der Waals surface area contributed by atoms with Crippen molar-refractivity contribution in [1.29, 1.82) is 0 Å². The topological polar surface area (TPSA) is 107 Å². The lowest BCUT2D eigenvalue weighted by atomic mass is 10.2. The van der Waals surface area contributed by atoms with E-state index in [0.717, 1.165) is 18.3 Å². The molecule has 0 radical (unpaired) electrons. The molecule has 3 N–H and O–H groups in total. The molecule has 0 atom stereocenters. The monoisotopic (exact) mass is 418 g/mol. The Bertz CT molecular complexity index is 1220. The van der Waals surface area contributed by atoms with E-state index >= 15 is 0 Å². The Hall–Kier alpha value is -3.83. The summed E-state index contributed by atoms with van der Waals surface area (Å²) in [5.41, 5.74) is 5.98. The minimum atomic E-state index is -4.44. The lowest BCUT2D eigenvalue weighted by molar-refractivity contribution is -0.137. The molecular formula is C18H14F4N8. The highest BCUT2D eigenvalue weighted by atomic mass is 19.4. The molecule has 0 bridgehead atoms. The van der Waals surface area contributed by atoms with E-state index in [9.17, 15) is 17.6 Å². The number of benzene rings is 1. The van der Waals surface area contributed by atoms with Crippen molar-refractivity contribution in [1.82, 2.24) is 29.5 Å². The van der Waals surface area contributed by atoms with Gasteiger partial charge >= 0.3 is 6.18 Å². The van der Waals surface area contributed by atoms with E-state index in [-0.39, 0.29) is 17.8 Å². The van der Waals surface area contributed by atoms with E-state index in [1.165, 1.54) is 22.8 Å². The average molecular weight is 418 g/mol. The van der Waals surface area contributed by atoms with Crippen LogP contribution in [0.15, 0.2) is 36.5 Å². The number of halogens is 4. The highest BCUT2D eigenvalue weighted by molar-refractivity contribution is 5.73. The fourth-order valence-electron chi connectivity index (χ4n) is 2.85. The van der Waals surface area contributed by atoms with Crippen LogP contribution in [0.5, 0.6) is 0 Å². The number of aryl methyl sites for hydroxylation is 1. The summed E-state index contributed by atoms with van der Waals surface area (Å²) in [6.07, 6.45) is -2.91. The van der Waals surface area contributed by atoms with Gasteiger partial charge in [0.2, 0.25) is 17.8 Å². The smallest absolute Gasteiger partial charge is 0.368 e. The zero-order chi connectivity index (χ0) is 21.5. The van der Waals surface area contributed by atoms with E-state index in [0.29, 0.717) is 29.1 Å². The number of fused-ring (bicyclic) bond motifs is 1. The number of rotatable bonds is 4. The molecule has 0 spiro atoms. The quantitative estimate of drug-likeness (QED) is 0.487. The number of pyridine rings is 1. The van der Waals surface area contributed by atoms with Gasteiger partial charge in [0, 0.05) is 18.2 Å². The van der Waals surface area contributed by atoms with Crippen molar-refractivity contribution >= 4 is 28.7 Å². The molecule has 4 rings (SSSR count). The van der Waals surface area contributed by atoms with E-state index in [1.54, 1.807) is 0 Å². The molecule has 0 fully saturated rings. The molecule has 4 aromatic rings. The van der Waals surface area contributed by atoms with Crippen molar-refractivity contribution in [3.63, 3.8) is 0 Å². The molecule has 0 aliphatic rings. The number of nitrogen functional groups attached to an aromatic ring is 1.